The SMILES string of the molecule is CNc1nc(-c2cnc3ccccc3c2)nc2c1CCN(C(=O)c1ccc(/C=C/c3ccc(C#CCCl)cc3)cc1)C2. The molecule has 7 heteroatoms. The highest BCUT2D eigenvalue weighted by molar-refractivity contribution is 6.19. The van der Waals surface area contributed by atoms with Gasteiger partial charge >= 0.3 is 0 Å². The predicted octanol–water partition coefficient (Wildman–Crippen LogP) is 6.69. The second-order valence-corrected chi connectivity index (χ2v) is 10.2. The van der Waals surface area contributed by atoms with Crippen molar-refractivity contribution < 1.29 is 4.79 Å². The van der Waals surface area contributed by atoms with Crippen LogP contribution in [0, 0.1) is 11.8 Å². The molecule has 1 aliphatic rings. The third-order valence-electron chi connectivity index (χ3n) is 7.27. The van der Waals surface area contributed by atoms with E-state index in [2.05, 4.69) is 28.2 Å². The summed E-state index contributed by atoms with van der Waals surface area (Å²) >= 11 is 5.63. The van der Waals surface area contributed by atoms with Gasteiger partial charge in [-0.25, -0.2) is 9.97 Å². The van der Waals surface area contributed by atoms with Crippen LogP contribution in [0.3, 0.4) is 0 Å². The van der Waals surface area contributed by atoms with Crippen LogP contribution in [-0.2, 0) is 13.0 Å². The molecule has 0 spiro atoms. The Morgan fingerprint density at radius 1 is 1.00 bits per heavy atom. The molecule has 0 saturated carbocycles. The Labute approximate surface area is 250 Å². The van der Waals surface area contributed by atoms with Gasteiger partial charge in [0.2, 0.25) is 0 Å². The Balaban J connectivity index is 1.18. The van der Waals surface area contributed by atoms with Gasteiger partial charge in [-0.05, 0) is 53.9 Å². The number of pyridine rings is 1. The second-order valence-electron chi connectivity index (χ2n) is 9.98. The van der Waals surface area contributed by atoms with E-state index >= 15 is 0 Å². The van der Waals surface area contributed by atoms with Crippen LogP contribution in [0.15, 0.2) is 85.1 Å². The molecule has 1 amide bonds. The van der Waals surface area contributed by atoms with E-state index < -0.39 is 0 Å². The molecular weight excluding hydrogens is 542 g/mol. The molecule has 0 bridgehead atoms. The molecule has 3 heterocycles. The van der Waals surface area contributed by atoms with E-state index in [-0.39, 0.29) is 5.91 Å². The number of hydrogen-bond acceptors (Lipinski definition) is 5. The molecule has 5 aromatic rings. The highest BCUT2D eigenvalue weighted by atomic mass is 35.5. The predicted molar refractivity (Wildman–Crippen MR) is 170 cm³/mol. The molecular formula is C35H28ClN5O. The minimum absolute atomic E-state index is 0.0108. The van der Waals surface area contributed by atoms with Crippen molar-refractivity contribution in [1.82, 2.24) is 19.9 Å². The first-order valence-corrected chi connectivity index (χ1v) is 14.3. The second kappa shape index (κ2) is 12.3. The fraction of sp³-hybridized carbons (Fsp3) is 0.143. The molecule has 1 N–H and O–H groups in total. The van der Waals surface area contributed by atoms with Crippen LogP contribution in [0.2, 0.25) is 0 Å². The van der Waals surface area contributed by atoms with E-state index in [0.717, 1.165) is 50.2 Å². The fourth-order valence-electron chi connectivity index (χ4n) is 5.06. The summed E-state index contributed by atoms with van der Waals surface area (Å²) in [6.07, 6.45) is 6.56. The molecule has 6 rings (SSSR count). The van der Waals surface area contributed by atoms with E-state index in [1.165, 1.54) is 0 Å². The lowest BCUT2D eigenvalue weighted by Gasteiger charge is -2.29. The van der Waals surface area contributed by atoms with Gasteiger partial charge in [-0.1, -0.05) is 66.5 Å². The molecule has 0 unspecified atom stereocenters. The molecule has 0 aliphatic carbocycles. The zero-order valence-corrected chi connectivity index (χ0v) is 23.9. The third-order valence-corrected chi connectivity index (χ3v) is 7.41. The molecule has 42 heavy (non-hydrogen) atoms. The van der Waals surface area contributed by atoms with Gasteiger partial charge < -0.3 is 10.2 Å². The van der Waals surface area contributed by atoms with Gasteiger partial charge in [0.25, 0.3) is 5.91 Å². The number of rotatable bonds is 5. The average molecular weight is 570 g/mol. The number of halogens is 1. The fourth-order valence-corrected chi connectivity index (χ4v) is 5.12. The number of alkyl halides is 1. The Morgan fingerprint density at radius 2 is 1.74 bits per heavy atom. The van der Waals surface area contributed by atoms with Crippen LogP contribution < -0.4 is 5.32 Å². The Kier molecular flexibility index (Phi) is 7.94. The van der Waals surface area contributed by atoms with E-state index in [1.807, 2.05) is 96.9 Å². The van der Waals surface area contributed by atoms with Crippen LogP contribution in [0.25, 0.3) is 34.4 Å². The molecule has 0 atom stereocenters. The lowest BCUT2D eigenvalue weighted by molar-refractivity contribution is 0.0732. The highest BCUT2D eigenvalue weighted by Gasteiger charge is 2.26. The van der Waals surface area contributed by atoms with Crippen LogP contribution in [0.5, 0.6) is 0 Å². The van der Waals surface area contributed by atoms with Gasteiger partial charge in [-0.3, -0.25) is 9.78 Å². The van der Waals surface area contributed by atoms with E-state index in [1.54, 1.807) is 6.20 Å². The maximum atomic E-state index is 13.5. The molecule has 0 saturated heterocycles. The molecule has 6 nitrogen and oxygen atoms in total. The van der Waals surface area contributed by atoms with Gasteiger partial charge in [0, 0.05) is 47.4 Å². The molecule has 206 valence electrons. The number of hydrogen-bond donors (Lipinski definition) is 1. The number of para-hydroxylation sites is 1. The smallest absolute Gasteiger partial charge is 0.254 e. The van der Waals surface area contributed by atoms with Crippen molar-refractivity contribution in [3.8, 4) is 23.2 Å². The number of anilines is 1. The monoisotopic (exact) mass is 569 g/mol. The number of nitrogens with zero attached hydrogens (tertiary/aromatic N) is 4. The van der Waals surface area contributed by atoms with E-state index in [9.17, 15) is 4.79 Å². The molecule has 1 aliphatic heterocycles. The van der Waals surface area contributed by atoms with Gasteiger partial charge in [0.05, 0.1) is 23.6 Å². The molecule has 3 aromatic carbocycles. The Bertz CT molecular complexity index is 1850. The minimum Gasteiger partial charge on any atom is -0.373 e. The van der Waals surface area contributed by atoms with Crippen LogP contribution in [0.1, 0.15) is 38.3 Å². The summed E-state index contributed by atoms with van der Waals surface area (Å²) in [5, 5.41) is 4.26. The van der Waals surface area contributed by atoms with Crippen molar-refractivity contribution in [1.29, 1.82) is 0 Å². The summed E-state index contributed by atoms with van der Waals surface area (Å²) in [7, 11) is 1.87. The zero-order chi connectivity index (χ0) is 28.9. The largest absolute Gasteiger partial charge is 0.373 e. The highest BCUT2D eigenvalue weighted by Crippen LogP contribution is 2.28. The maximum absolute atomic E-state index is 13.5. The third kappa shape index (κ3) is 5.88. The number of aromatic nitrogens is 3. The number of carbonyl (C=O) groups excluding carboxylic acids is 1. The van der Waals surface area contributed by atoms with Crippen LogP contribution in [0.4, 0.5) is 5.82 Å². The van der Waals surface area contributed by atoms with Gasteiger partial charge in [0.1, 0.15) is 5.82 Å². The lowest BCUT2D eigenvalue weighted by atomic mass is 10.0. The van der Waals surface area contributed by atoms with Gasteiger partial charge in [-0.2, -0.15) is 0 Å². The molecule has 0 fully saturated rings. The molecule has 2 aromatic heterocycles. The normalized spacial score (nSPS) is 12.6. The summed E-state index contributed by atoms with van der Waals surface area (Å²) in [5.41, 5.74) is 7.35. The lowest BCUT2D eigenvalue weighted by Crippen LogP contribution is -2.37. The molecule has 0 radical (unpaired) electrons. The minimum atomic E-state index is -0.0108. The number of fused-ring (bicyclic) bond motifs is 2. The van der Waals surface area contributed by atoms with Crippen molar-refractivity contribution in [3.05, 3.63) is 119 Å². The quantitative estimate of drug-likeness (QED) is 0.145. The summed E-state index contributed by atoms with van der Waals surface area (Å²) < 4.78 is 0. The Hall–Kier alpha value is -4.99. The van der Waals surface area contributed by atoms with Crippen LogP contribution in [-0.4, -0.2) is 45.2 Å². The van der Waals surface area contributed by atoms with E-state index in [4.69, 9.17) is 21.6 Å². The first-order valence-electron chi connectivity index (χ1n) is 13.8. The number of amides is 1. The summed E-state index contributed by atoms with van der Waals surface area (Å²) in [6, 6.07) is 25.7. The first kappa shape index (κ1) is 27.2. The number of benzene rings is 3. The van der Waals surface area contributed by atoms with Crippen LogP contribution >= 0.6 is 11.6 Å². The van der Waals surface area contributed by atoms with Crippen molar-refractivity contribution in [3.63, 3.8) is 0 Å². The van der Waals surface area contributed by atoms with Gasteiger partial charge in [-0.15, -0.1) is 11.6 Å². The zero-order valence-electron chi connectivity index (χ0n) is 23.1. The summed E-state index contributed by atoms with van der Waals surface area (Å²) in [5.74, 6) is 7.57. The van der Waals surface area contributed by atoms with Crippen molar-refractivity contribution in [2.24, 2.45) is 0 Å². The van der Waals surface area contributed by atoms with E-state index in [0.29, 0.717) is 36.8 Å². The van der Waals surface area contributed by atoms with Crippen molar-refractivity contribution >= 4 is 46.4 Å². The summed E-state index contributed by atoms with van der Waals surface area (Å²) in [4.78, 5) is 29.6. The number of carbonyl (C=O) groups is 1. The Morgan fingerprint density at radius 3 is 2.48 bits per heavy atom. The first-order chi connectivity index (χ1) is 20.6. The van der Waals surface area contributed by atoms with Crippen molar-refractivity contribution in [2.45, 2.75) is 13.0 Å². The number of nitrogens with one attached hydrogen (secondary N) is 1. The standard InChI is InChI=1S/C35H28ClN5O/c1-37-34-30-18-20-41(23-32(30)39-33(40-34)29-21-28-6-2-3-7-31(28)38-22-29)35(42)27-16-14-26(15-17-27)13-12-25-10-8-24(9-11-25)5-4-19-36/h2-3,6-17,21-22H,18-20,23H2,1H3,(H,37,39,40)/b13-12+. The summed E-state index contributed by atoms with van der Waals surface area (Å²) in [6.45, 7) is 1.03. The average Bonchev–Trinajstić information content (AvgIpc) is 3.05. The van der Waals surface area contributed by atoms with Crippen molar-refractivity contribution in [2.75, 3.05) is 24.8 Å². The maximum Gasteiger partial charge on any atom is 0.254 e. The topological polar surface area (TPSA) is 71.0 Å². The van der Waals surface area contributed by atoms with Gasteiger partial charge in [0.15, 0.2) is 5.82 Å².